The van der Waals surface area contributed by atoms with E-state index < -0.39 is 5.97 Å². The Morgan fingerprint density at radius 1 is 1.05 bits per heavy atom. The maximum absolute atomic E-state index is 12.4. The van der Waals surface area contributed by atoms with Gasteiger partial charge in [0.15, 0.2) is 0 Å². The highest BCUT2D eigenvalue weighted by Crippen LogP contribution is 2.06. The molecule has 0 aromatic carbocycles. The fourth-order valence-corrected chi connectivity index (χ4v) is 2.47. The third kappa shape index (κ3) is 6.77. The van der Waals surface area contributed by atoms with Gasteiger partial charge in [-0.05, 0) is 33.5 Å². The monoisotopic (exact) mass is 300 g/mol. The molecule has 122 valence electrons. The average molecular weight is 300 g/mol. The number of aliphatic carboxylic acids is 1. The van der Waals surface area contributed by atoms with Gasteiger partial charge in [0.2, 0.25) is 0 Å². The van der Waals surface area contributed by atoms with Gasteiger partial charge >= 0.3 is 12.0 Å². The number of rotatable bonds is 6. The summed E-state index contributed by atoms with van der Waals surface area (Å²) in [5.41, 5.74) is 0. The Labute approximate surface area is 127 Å². The Balaban J connectivity index is 2.38. The van der Waals surface area contributed by atoms with Crippen LogP contribution in [0.2, 0.25) is 0 Å². The quantitative estimate of drug-likeness (QED) is 0.752. The number of carbonyl (C=O) groups excluding carboxylic acids is 1. The molecule has 0 aliphatic carbocycles. The fraction of sp³-hybridized carbons (Fsp3) is 0.857. The van der Waals surface area contributed by atoms with Crippen molar-refractivity contribution in [2.24, 2.45) is 0 Å². The van der Waals surface area contributed by atoms with E-state index >= 15 is 0 Å². The second kappa shape index (κ2) is 8.84. The first kappa shape index (κ1) is 17.7. The molecular weight excluding hydrogens is 272 g/mol. The van der Waals surface area contributed by atoms with Gasteiger partial charge in [0.25, 0.3) is 0 Å². The van der Waals surface area contributed by atoms with Crippen molar-refractivity contribution in [2.45, 2.75) is 12.8 Å². The van der Waals surface area contributed by atoms with Crippen LogP contribution >= 0.6 is 0 Å². The van der Waals surface area contributed by atoms with E-state index in [1.165, 1.54) is 0 Å². The molecule has 1 heterocycles. The molecule has 7 heteroatoms. The SMILES string of the molecule is CN(C)CCCN(C)C(=O)N1CCCN(CC(=O)O)CC1. The lowest BCUT2D eigenvalue weighted by Gasteiger charge is -2.27. The minimum atomic E-state index is -0.810. The Kier molecular flexibility index (Phi) is 7.45. The van der Waals surface area contributed by atoms with Gasteiger partial charge in [-0.3, -0.25) is 9.69 Å². The molecule has 0 saturated carbocycles. The summed E-state index contributed by atoms with van der Waals surface area (Å²) >= 11 is 0. The minimum Gasteiger partial charge on any atom is -0.480 e. The number of hydrogen-bond acceptors (Lipinski definition) is 4. The standard InChI is InChI=1S/C14H28N4O3/c1-15(2)6-4-7-16(3)14(21)18-9-5-8-17(10-11-18)12-13(19)20/h4-12H2,1-3H3,(H,19,20). The third-order valence-corrected chi connectivity index (χ3v) is 3.64. The number of carboxylic acids is 1. The maximum Gasteiger partial charge on any atom is 0.319 e. The third-order valence-electron chi connectivity index (χ3n) is 3.64. The zero-order valence-corrected chi connectivity index (χ0v) is 13.4. The van der Waals surface area contributed by atoms with Gasteiger partial charge in [0, 0.05) is 39.8 Å². The van der Waals surface area contributed by atoms with Crippen LogP contribution in [-0.2, 0) is 4.79 Å². The molecule has 0 bridgehead atoms. The summed E-state index contributed by atoms with van der Waals surface area (Å²) in [6.45, 7) is 4.43. The number of nitrogens with zero attached hydrogens (tertiary/aromatic N) is 4. The van der Waals surface area contributed by atoms with E-state index in [0.717, 1.165) is 32.5 Å². The van der Waals surface area contributed by atoms with Gasteiger partial charge in [-0.1, -0.05) is 0 Å². The van der Waals surface area contributed by atoms with Crippen LogP contribution in [0.25, 0.3) is 0 Å². The molecule has 0 atom stereocenters. The van der Waals surface area contributed by atoms with E-state index in [4.69, 9.17) is 5.11 Å². The number of carboxylic acid groups (broad SMARTS) is 1. The summed E-state index contributed by atoms with van der Waals surface area (Å²) in [7, 11) is 5.87. The summed E-state index contributed by atoms with van der Waals surface area (Å²) < 4.78 is 0. The van der Waals surface area contributed by atoms with Crippen molar-refractivity contribution in [2.75, 3.05) is 67.0 Å². The van der Waals surface area contributed by atoms with Crippen LogP contribution in [0.1, 0.15) is 12.8 Å². The highest BCUT2D eigenvalue weighted by Gasteiger charge is 2.22. The molecule has 0 aromatic heterocycles. The first-order valence-electron chi connectivity index (χ1n) is 7.49. The van der Waals surface area contributed by atoms with Crippen molar-refractivity contribution in [3.05, 3.63) is 0 Å². The molecule has 1 aliphatic rings. The van der Waals surface area contributed by atoms with Crippen molar-refractivity contribution >= 4 is 12.0 Å². The van der Waals surface area contributed by atoms with Crippen molar-refractivity contribution in [3.63, 3.8) is 0 Å². The first-order chi connectivity index (χ1) is 9.90. The molecule has 0 spiro atoms. The highest BCUT2D eigenvalue weighted by atomic mass is 16.4. The van der Waals surface area contributed by atoms with Crippen LogP contribution in [0, 0.1) is 0 Å². The van der Waals surface area contributed by atoms with Gasteiger partial charge in [-0.15, -0.1) is 0 Å². The predicted octanol–water partition coefficient (Wildman–Crippen LogP) is 0.0822. The van der Waals surface area contributed by atoms with Gasteiger partial charge in [0.05, 0.1) is 6.54 Å². The van der Waals surface area contributed by atoms with E-state index in [9.17, 15) is 9.59 Å². The molecular formula is C14H28N4O3. The van der Waals surface area contributed by atoms with Crippen molar-refractivity contribution in [3.8, 4) is 0 Å². The number of urea groups is 1. The molecule has 21 heavy (non-hydrogen) atoms. The first-order valence-corrected chi connectivity index (χ1v) is 7.49. The number of hydrogen-bond donors (Lipinski definition) is 1. The Morgan fingerprint density at radius 2 is 1.76 bits per heavy atom. The molecule has 0 radical (unpaired) electrons. The van der Waals surface area contributed by atoms with Gasteiger partial charge in [-0.2, -0.15) is 0 Å². The Hall–Kier alpha value is -1.34. The lowest BCUT2D eigenvalue weighted by atomic mass is 10.3. The zero-order chi connectivity index (χ0) is 15.8. The number of carbonyl (C=O) groups is 2. The Bertz CT molecular complexity index is 349. The molecule has 2 amide bonds. The van der Waals surface area contributed by atoms with Crippen LogP contribution in [0.3, 0.4) is 0 Å². The second-order valence-corrected chi connectivity index (χ2v) is 5.87. The fourth-order valence-electron chi connectivity index (χ4n) is 2.47. The second-order valence-electron chi connectivity index (χ2n) is 5.87. The summed E-state index contributed by atoms with van der Waals surface area (Å²) in [6.07, 6.45) is 1.78. The van der Waals surface area contributed by atoms with Crippen LogP contribution < -0.4 is 0 Å². The van der Waals surface area contributed by atoms with E-state index in [0.29, 0.717) is 19.6 Å². The summed E-state index contributed by atoms with van der Waals surface area (Å²) in [6, 6.07) is 0.0472. The van der Waals surface area contributed by atoms with Gasteiger partial charge in [0.1, 0.15) is 0 Å². The average Bonchev–Trinajstić information content (AvgIpc) is 2.62. The normalized spacial score (nSPS) is 16.9. The predicted molar refractivity (Wildman–Crippen MR) is 81.5 cm³/mol. The minimum absolute atomic E-state index is 0.0472. The molecule has 1 rings (SSSR count). The Morgan fingerprint density at radius 3 is 2.38 bits per heavy atom. The van der Waals surface area contributed by atoms with Gasteiger partial charge < -0.3 is 19.8 Å². The molecule has 1 saturated heterocycles. The summed E-state index contributed by atoms with van der Waals surface area (Å²) in [4.78, 5) is 30.7. The van der Waals surface area contributed by atoms with E-state index in [2.05, 4.69) is 4.90 Å². The van der Waals surface area contributed by atoms with Crippen LogP contribution in [-0.4, -0.2) is 104 Å². The molecule has 1 N–H and O–H groups in total. The van der Waals surface area contributed by atoms with Crippen LogP contribution in [0.5, 0.6) is 0 Å². The molecule has 1 aliphatic heterocycles. The van der Waals surface area contributed by atoms with Crippen LogP contribution in [0.15, 0.2) is 0 Å². The summed E-state index contributed by atoms with van der Waals surface area (Å²) in [5, 5.41) is 8.83. The molecule has 1 fully saturated rings. The summed E-state index contributed by atoms with van der Waals surface area (Å²) in [5.74, 6) is -0.810. The van der Waals surface area contributed by atoms with E-state index in [-0.39, 0.29) is 12.6 Å². The van der Waals surface area contributed by atoms with Gasteiger partial charge in [-0.25, -0.2) is 4.79 Å². The molecule has 0 unspecified atom stereocenters. The van der Waals surface area contributed by atoms with Crippen molar-refractivity contribution in [1.29, 1.82) is 0 Å². The zero-order valence-electron chi connectivity index (χ0n) is 13.4. The smallest absolute Gasteiger partial charge is 0.319 e. The largest absolute Gasteiger partial charge is 0.480 e. The van der Waals surface area contributed by atoms with E-state index in [1.807, 2.05) is 30.9 Å². The molecule has 0 aromatic rings. The van der Waals surface area contributed by atoms with Crippen molar-refractivity contribution in [1.82, 2.24) is 19.6 Å². The topological polar surface area (TPSA) is 67.3 Å². The lowest BCUT2D eigenvalue weighted by molar-refractivity contribution is -0.138. The highest BCUT2D eigenvalue weighted by molar-refractivity contribution is 5.74. The lowest BCUT2D eigenvalue weighted by Crippen LogP contribution is -2.44. The van der Waals surface area contributed by atoms with E-state index in [1.54, 1.807) is 4.90 Å². The maximum atomic E-state index is 12.4. The molecule has 7 nitrogen and oxygen atoms in total. The number of amides is 2. The van der Waals surface area contributed by atoms with Crippen LogP contribution in [0.4, 0.5) is 4.79 Å². The van der Waals surface area contributed by atoms with Crippen molar-refractivity contribution < 1.29 is 14.7 Å².